The van der Waals surface area contributed by atoms with Gasteiger partial charge in [-0.25, -0.2) is 0 Å². The molecule has 13 heteroatoms. The first-order valence-corrected chi connectivity index (χ1v) is 16.4. The first kappa shape index (κ1) is 33.1. The molecule has 4 N–H and O–H groups in total. The summed E-state index contributed by atoms with van der Waals surface area (Å²) < 4.78 is 13.2. The van der Waals surface area contributed by atoms with Gasteiger partial charge in [0.1, 0.15) is 6.04 Å². The molecule has 6 atom stereocenters. The van der Waals surface area contributed by atoms with Crippen molar-refractivity contribution >= 4 is 24.8 Å². The van der Waals surface area contributed by atoms with E-state index >= 15 is 0 Å². The molecule has 1 saturated heterocycles. The van der Waals surface area contributed by atoms with Gasteiger partial charge in [0.2, 0.25) is 11.8 Å². The SMILES string of the molecule is CCCCc1ccc(C(=O)N[C@@H](CNC(=O)Cc2nn[nH]n2)C(=O)N[C@@H](CC(C)C)B2O[C@@H]3C[C@H]4C[C@H](C4(C)C)[C@]3(C)O2)cc1. The lowest BCUT2D eigenvalue weighted by Crippen LogP contribution is -2.65. The molecule has 3 saturated carbocycles. The number of unbranched alkanes of at least 4 members (excludes halogenated alkanes) is 1. The minimum absolute atomic E-state index is 0.0222. The van der Waals surface area contributed by atoms with Crippen LogP contribution in [0.2, 0.25) is 0 Å². The van der Waals surface area contributed by atoms with Gasteiger partial charge in [0.15, 0.2) is 5.82 Å². The first-order chi connectivity index (χ1) is 21.4. The molecule has 244 valence electrons. The molecule has 3 amide bonds. The van der Waals surface area contributed by atoms with Gasteiger partial charge >= 0.3 is 7.12 Å². The van der Waals surface area contributed by atoms with Crippen LogP contribution in [0.5, 0.6) is 0 Å². The number of H-pyrrole nitrogens is 1. The molecule has 4 aliphatic rings. The minimum Gasteiger partial charge on any atom is -0.404 e. The Kier molecular flexibility index (Phi) is 9.98. The average Bonchev–Trinajstić information content (AvgIpc) is 3.64. The van der Waals surface area contributed by atoms with Gasteiger partial charge in [0, 0.05) is 12.1 Å². The predicted molar refractivity (Wildman–Crippen MR) is 169 cm³/mol. The van der Waals surface area contributed by atoms with Gasteiger partial charge in [-0.3, -0.25) is 14.4 Å². The van der Waals surface area contributed by atoms with Gasteiger partial charge in [0.25, 0.3) is 5.91 Å². The largest absolute Gasteiger partial charge is 0.481 e. The van der Waals surface area contributed by atoms with Gasteiger partial charge in [-0.2, -0.15) is 5.21 Å². The van der Waals surface area contributed by atoms with Crippen molar-refractivity contribution in [2.45, 2.75) is 110 Å². The van der Waals surface area contributed by atoms with E-state index in [0.29, 0.717) is 23.8 Å². The molecule has 3 aliphatic carbocycles. The van der Waals surface area contributed by atoms with Gasteiger partial charge in [0.05, 0.1) is 24.1 Å². The fourth-order valence-electron chi connectivity index (χ4n) is 7.43. The topological polar surface area (TPSA) is 160 Å². The third kappa shape index (κ3) is 7.24. The van der Waals surface area contributed by atoms with E-state index in [1.807, 2.05) is 12.1 Å². The zero-order valence-corrected chi connectivity index (χ0v) is 27.4. The van der Waals surface area contributed by atoms with E-state index in [9.17, 15) is 14.4 Å². The van der Waals surface area contributed by atoms with Crippen molar-refractivity contribution in [3.05, 3.63) is 41.2 Å². The molecule has 6 rings (SSSR count). The van der Waals surface area contributed by atoms with E-state index < -0.39 is 42.4 Å². The Morgan fingerprint density at radius 3 is 2.51 bits per heavy atom. The maximum Gasteiger partial charge on any atom is 0.481 e. The van der Waals surface area contributed by atoms with Crippen LogP contribution < -0.4 is 16.0 Å². The van der Waals surface area contributed by atoms with E-state index in [2.05, 4.69) is 78.1 Å². The summed E-state index contributed by atoms with van der Waals surface area (Å²) in [6.45, 7) is 13.0. The number of hydrogen-bond acceptors (Lipinski definition) is 8. The van der Waals surface area contributed by atoms with Crippen LogP contribution >= 0.6 is 0 Å². The Bertz CT molecular complexity index is 1340. The molecule has 2 bridgehead atoms. The van der Waals surface area contributed by atoms with Crippen molar-refractivity contribution in [2.75, 3.05) is 6.54 Å². The molecular formula is C32H48BN7O5. The summed E-state index contributed by atoms with van der Waals surface area (Å²) in [5.74, 6) is -0.192. The average molecular weight is 622 g/mol. The molecule has 2 aromatic rings. The zero-order valence-electron chi connectivity index (χ0n) is 27.4. The summed E-state index contributed by atoms with van der Waals surface area (Å²) in [5, 5.41) is 22.1. The maximum atomic E-state index is 13.9. The maximum absolute atomic E-state index is 13.9. The number of aryl methyl sites for hydroxylation is 1. The predicted octanol–water partition coefficient (Wildman–Crippen LogP) is 2.80. The molecule has 0 spiro atoms. The van der Waals surface area contributed by atoms with E-state index in [-0.39, 0.29) is 36.2 Å². The standard InChI is InChI=1S/C32H48BN7O5/c1-7-8-9-20-10-12-21(13-11-20)29(42)35-23(18-34-28(41)17-27-37-39-40-38-27)30(43)36-26(14-19(2)3)33-44-25-16-22-15-24(31(22,4)5)32(25,6)45-33/h10-13,19,22-26H,7-9,14-18H2,1-6H3,(H,34,41)(H,35,42)(H,36,43)(H,37,38,39,40)/t22-,23+,24-,25-,26+,32+/m1/s1. The van der Waals surface area contributed by atoms with Crippen LogP contribution in [0.25, 0.3) is 0 Å². The summed E-state index contributed by atoms with van der Waals surface area (Å²) >= 11 is 0. The normalized spacial score (nSPS) is 26.0. The molecule has 45 heavy (non-hydrogen) atoms. The number of rotatable bonds is 14. The molecule has 1 aromatic heterocycles. The van der Waals surface area contributed by atoms with Crippen LogP contribution in [0.4, 0.5) is 0 Å². The molecule has 4 fully saturated rings. The Labute approximate surface area is 266 Å². The number of nitrogens with one attached hydrogen (secondary N) is 4. The summed E-state index contributed by atoms with van der Waals surface area (Å²) in [5.41, 5.74) is 1.37. The summed E-state index contributed by atoms with van der Waals surface area (Å²) in [7, 11) is -0.610. The van der Waals surface area contributed by atoms with Crippen LogP contribution in [0.1, 0.15) is 95.4 Å². The van der Waals surface area contributed by atoms with Crippen molar-refractivity contribution < 1.29 is 23.7 Å². The number of amides is 3. The summed E-state index contributed by atoms with van der Waals surface area (Å²) in [6, 6.07) is 6.35. The van der Waals surface area contributed by atoms with E-state index in [4.69, 9.17) is 9.31 Å². The summed E-state index contributed by atoms with van der Waals surface area (Å²) in [4.78, 5) is 39.9. The Morgan fingerprint density at radius 1 is 1.11 bits per heavy atom. The monoisotopic (exact) mass is 621 g/mol. The van der Waals surface area contributed by atoms with Gasteiger partial charge in [-0.05, 0) is 79.9 Å². The lowest BCUT2D eigenvalue weighted by Gasteiger charge is -2.64. The lowest BCUT2D eigenvalue weighted by atomic mass is 9.43. The van der Waals surface area contributed by atoms with Crippen LogP contribution in [0.15, 0.2) is 24.3 Å². The van der Waals surface area contributed by atoms with Crippen LogP contribution in [-0.4, -0.2) is 75.7 Å². The highest BCUT2D eigenvalue weighted by atomic mass is 16.7. The van der Waals surface area contributed by atoms with Crippen molar-refractivity contribution in [1.29, 1.82) is 0 Å². The number of benzene rings is 1. The zero-order chi connectivity index (χ0) is 32.4. The lowest BCUT2D eigenvalue weighted by molar-refractivity contribution is -0.199. The number of tetrazole rings is 1. The number of carbonyl (C=O) groups is 3. The van der Waals surface area contributed by atoms with Crippen LogP contribution in [-0.2, 0) is 31.7 Å². The Balaban J connectivity index is 1.29. The molecule has 12 nitrogen and oxygen atoms in total. The fraction of sp³-hybridized carbons (Fsp3) is 0.688. The molecular weight excluding hydrogens is 573 g/mol. The van der Waals surface area contributed by atoms with Crippen LogP contribution in [0.3, 0.4) is 0 Å². The fourth-order valence-corrected chi connectivity index (χ4v) is 7.43. The van der Waals surface area contributed by atoms with E-state index in [0.717, 1.165) is 37.7 Å². The quantitative estimate of drug-likeness (QED) is 0.234. The smallest absolute Gasteiger partial charge is 0.404 e. The number of aromatic nitrogens is 4. The first-order valence-electron chi connectivity index (χ1n) is 16.4. The molecule has 0 unspecified atom stereocenters. The number of aromatic amines is 1. The summed E-state index contributed by atoms with van der Waals surface area (Å²) in [6.07, 6.45) is 5.67. The van der Waals surface area contributed by atoms with Crippen molar-refractivity contribution in [3.8, 4) is 0 Å². The Hall–Kier alpha value is -3.32. The second-order valence-electron chi connectivity index (χ2n) is 14.2. The number of hydrogen-bond donors (Lipinski definition) is 4. The van der Waals surface area contributed by atoms with E-state index in [1.54, 1.807) is 12.1 Å². The molecule has 1 aliphatic heterocycles. The second-order valence-corrected chi connectivity index (χ2v) is 14.2. The highest BCUT2D eigenvalue weighted by Gasteiger charge is 2.68. The highest BCUT2D eigenvalue weighted by Crippen LogP contribution is 2.65. The van der Waals surface area contributed by atoms with Gasteiger partial charge < -0.3 is 25.3 Å². The molecule has 0 radical (unpaired) electrons. The third-order valence-electron chi connectivity index (χ3n) is 10.2. The van der Waals surface area contributed by atoms with E-state index in [1.165, 1.54) is 0 Å². The van der Waals surface area contributed by atoms with Crippen molar-refractivity contribution in [2.24, 2.45) is 23.2 Å². The number of nitrogens with zero attached hydrogens (tertiary/aromatic N) is 3. The van der Waals surface area contributed by atoms with Gasteiger partial charge in [-0.1, -0.05) is 58.4 Å². The van der Waals surface area contributed by atoms with Crippen molar-refractivity contribution in [1.82, 2.24) is 36.6 Å². The highest BCUT2D eigenvalue weighted by molar-refractivity contribution is 6.48. The van der Waals surface area contributed by atoms with Crippen molar-refractivity contribution in [3.63, 3.8) is 0 Å². The third-order valence-corrected chi connectivity index (χ3v) is 10.2. The second kappa shape index (κ2) is 13.6. The molecule has 2 heterocycles. The van der Waals surface area contributed by atoms with Gasteiger partial charge in [-0.15, -0.1) is 10.2 Å². The number of carbonyl (C=O) groups excluding carboxylic acids is 3. The minimum atomic E-state index is -1.05. The van der Waals surface area contributed by atoms with Crippen LogP contribution in [0, 0.1) is 23.2 Å². The molecule has 1 aromatic carbocycles. The Morgan fingerprint density at radius 2 is 1.87 bits per heavy atom.